The van der Waals surface area contributed by atoms with Gasteiger partial charge in [-0.15, -0.1) is 0 Å². The quantitative estimate of drug-likeness (QED) is 0.184. The molecule has 3 aromatic rings. The Kier molecular flexibility index (Phi) is 11.9. The first-order valence-electron chi connectivity index (χ1n) is 13.8. The van der Waals surface area contributed by atoms with Gasteiger partial charge in [0.15, 0.2) is 11.5 Å². The number of nitrogens with one attached hydrogen (secondary N) is 4. The van der Waals surface area contributed by atoms with E-state index in [-0.39, 0.29) is 23.5 Å². The van der Waals surface area contributed by atoms with Crippen molar-refractivity contribution in [1.29, 1.82) is 0 Å². The minimum Gasteiger partial charge on any atom is -0.493 e. The van der Waals surface area contributed by atoms with Crippen LogP contribution >= 0.6 is 0 Å². The summed E-state index contributed by atoms with van der Waals surface area (Å²) in [5.74, 6) is 1.50. The fraction of sp³-hybridized carbons (Fsp3) is 0.333. The normalized spacial score (nSPS) is 10.8. The monoisotopic (exact) mass is 630 g/mol. The zero-order valence-corrected chi connectivity index (χ0v) is 26.3. The maximum absolute atomic E-state index is 13.3. The van der Waals surface area contributed by atoms with Crippen LogP contribution in [0.2, 0.25) is 0 Å². The molecule has 0 fully saturated rings. The number of urea groups is 1. The van der Waals surface area contributed by atoms with Crippen molar-refractivity contribution in [2.75, 3.05) is 55.7 Å². The van der Waals surface area contributed by atoms with Gasteiger partial charge in [-0.05, 0) is 57.2 Å². The minimum absolute atomic E-state index is 0.0318. The first-order chi connectivity index (χ1) is 21.0. The number of hydrogen-bond donors (Lipinski definition) is 4. The number of anilines is 3. The topological polar surface area (TPSA) is 163 Å². The molecule has 14 heteroatoms. The maximum atomic E-state index is 13.3. The number of benzene rings is 3. The summed E-state index contributed by atoms with van der Waals surface area (Å²) in [5, 5.41) is 8.29. The fourth-order valence-corrected chi connectivity index (χ4v) is 4.67. The Hall–Kier alpha value is -4.85. The van der Waals surface area contributed by atoms with E-state index >= 15 is 0 Å². The lowest BCUT2D eigenvalue weighted by atomic mass is 10.1. The van der Waals surface area contributed by atoms with E-state index in [2.05, 4.69) is 20.7 Å². The van der Waals surface area contributed by atoms with Crippen molar-refractivity contribution >= 4 is 39.0 Å². The number of hydrogen-bond acceptors (Lipinski definition) is 9. The van der Waals surface area contributed by atoms with E-state index in [4.69, 9.17) is 23.7 Å². The van der Waals surface area contributed by atoms with Gasteiger partial charge in [0.2, 0.25) is 10.0 Å². The number of rotatable bonds is 15. The number of sulfonamides is 1. The maximum Gasteiger partial charge on any atom is 0.319 e. The van der Waals surface area contributed by atoms with E-state index in [1.165, 1.54) is 26.4 Å². The third kappa shape index (κ3) is 9.33. The van der Waals surface area contributed by atoms with E-state index < -0.39 is 22.0 Å². The molecule has 0 radical (unpaired) electrons. The Labute approximate surface area is 257 Å². The number of carbonyl (C=O) groups excluding carboxylic acids is 2. The third-order valence-corrected chi connectivity index (χ3v) is 6.51. The van der Waals surface area contributed by atoms with Crippen LogP contribution in [0.1, 0.15) is 36.7 Å². The highest BCUT2D eigenvalue weighted by molar-refractivity contribution is 7.92. The molecular weight excluding hydrogens is 592 g/mol. The van der Waals surface area contributed by atoms with Crippen LogP contribution in [0.15, 0.2) is 48.5 Å². The molecular formula is C30H38N4O9S. The van der Waals surface area contributed by atoms with Gasteiger partial charge in [-0.2, -0.15) is 0 Å². The highest BCUT2D eigenvalue weighted by atomic mass is 32.2. The van der Waals surface area contributed by atoms with Gasteiger partial charge in [-0.1, -0.05) is 0 Å². The van der Waals surface area contributed by atoms with E-state index in [1.807, 2.05) is 0 Å². The lowest BCUT2D eigenvalue weighted by molar-refractivity contribution is 0.102. The van der Waals surface area contributed by atoms with Crippen LogP contribution in [0, 0.1) is 0 Å². The molecule has 44 heavy (non-hydrogen) atoms. The van der Waals surface area contributed by atoms with Crippen LogP contribution in [0.25, 0.3) is 0 Å². The molecule has 0 saturated carbocycles. The van der Waals surface area contributed by atoms with Crippen LogP contribution in [0.3, 0.4) is 0 Å². The number of methoxy groups -OCH3 is 2. The summed E-state index contributed by atoms with van der Waals surface area (Å²) in [6.45, 7) is 6.32. The summed E-state index contributed by atoms with van der Waals surface area (Å²) in [6.07, 6.45) is 1.04. The zero-order chi connectivity index (χ0) is 32.3. The molecule has 13 nitrogen and oxygen atoms in total. The third-order valence-electron chi connectivity index (χ3n) is 5.92. The van der Waals surface area contributed by atoms with Crippen molar-refractivity contribution in [2.24, 2.45) is 0 Å². The smallest absolute Gasteiger partial charge is 0.319 e. The van der Waals surface area contributed by atoms with Gasteiger partial charge in [0.05, 0.1) is 51.5 Å². The molecule has 0 saturated heterocycles. The van der Waals surface area contributed by atoms with Crippen molar-refractivity contribution in [1.82, 2.24) is 5.32 Å². The van der Waals surface area contributed by atoms with Crippen LogP contribution in [-0.2, 0) is 16.6 Å². The van der Waals surface area contributed by atoms with Gasteiger partial charge in [-0.3, -0.25) is 9.52 Å². The molecule has 0 aromatic heterocycles. The number of amides is 3. The van der Waals surface area contributed by atoms with Crippen molar-refractivity contribution in [3.63, 3.8) is 0 Å². The summed E-state index contributed by atoms with van der Waals surface area (Å²) in [4.78, 5) is 26.1. The molecule has 3 amide bonds. The van der Waals surface area contributed by atoms with E-state index in [9.17, 15) is 18.0 Å². The molecule has 0 unspecified atom stereocenters. The highest BCUT2D eigenvalue weighted by Crippen LogP contribution is 2.34. The Morgan fingerprint density at radius 1 is 0.705 bits per heavy atom. The minimum atomic E-state index is -3.58. The first-order valence-corrected chi connectivity index (χ1v) is 15.7. The zero-order valence-electron chi connectivity index (χ0n) is 25.5. The Bertz CT molecular complexity index is 1580. The fourth-order valence-electron chi connectivity index (χ4n) is 4.11. The van der Waals surface area contributed by atoms with Gasteiger partial charge in [0.1, 0.15) is 17.2 Å². The molecule has 3 aromatic carbocycles. The average Bonchev–Trinajstić information content (AvgIpc) is 2.98. The van der Waals surface area contributed by atoms with Crippen molar-refractivity contribution in [3.8, 4) is 28.7 Å². The summed E-state index contributed by atoms with van der Waals surface area (Å²) in [7, 11) is -0.561. The molecule has 238 valence electrons. The Balaban J connectivity index is 1.79. The molecule has 0 aliphatic heterocycles. The second-order valence-electron chi connectivity index (χ2n) is 9.17. The Morgan fingerprint density at radius 3 is 1.91 bits per heavy atom. The first kappa shape index (κ1) is 33.6. The summed E-state index contributed by atoms with van der Waals surface area (Å²) >= 11 is 0. The summed E-state index contributed by atoms with van der Waals surface area (Å²) in [6, 6.07) is 12.3. The highest BCUT2D eigenvalue weighted by Gasteiger charge is 2.18. The van der Waals surface area contributed by atoms with Crippen molar-refractivity contribution in [2.45, 2.75) is 27.3 Å². The van der Waals surface area contributed by atoms with E-state index in [0.717, 1.165) is 6.26 Å². The predicted octanol–water partition coefficient (Wildman–Crippen LogP) is 4.85. The molecule has 0 bridgehead atoms. The number of ether oxygens (including phenoxy) is 5. The summed E-state index contributed by atoms with van der Waals surface area (Å²) in [5.41, 5.74) is 1.80. The van der Waals surface area contributed by atoms with Crippen LogP contribution < -0.4 is 44.4 Å². The molecule has 0 spiro atoms. The van der Waals surface area contributed by atoms with Gasteiger partial charge in [0, 0.05) is 35.6 Å². The second-order valence-corrected chi connectivity index (χ2v) is 10.9. The Morgan fingerprint density at radius 2 is 1.30 bits per heavy atom. The molecule has 0 aliphatic rings. The lowest BCUT2D eigenvalue weighted by Gasteiger charge is -2.18. The average molecular weight is 631 g/mol. The molecule has 0 atom stereocenters. The molecule has 0 aliphatic carbocycles. The van der Waals surface area contributed by atoms with Crippen LogP contribution in [0.4, 0.5) is 21.9 Å². The SMILES string of the molecule is CCOc1cc(NS(C)(=O)=O)c(OCC)cc1CNC(=O)Nc1ccc(OCC)c(C(=O)Nc2ccc(OC)c(OC)c2)c1. The van der Waals surface area contributed by atoms with Crippen LogP contribution in [-0.4, -0.2) is 60.7 Å². The van der Waals surface area contributed by atoms with Gasteiger partial charge in [0.25, 0.3) is 5.91 Å². The van der Waals surface area contributed by atoms with Gasteiger partial charge in [-0.25, -0.2) is 13.2 Å². The van der Waals surface area contributed by atoms with Crippen LogP contribution in [0.5, 0.6) is 28.7 Å². The van der Waals surface area contributed by atoms with Crippen molar-refractivity contribution in [3.05, 3.63) is 59.7 Å². The second kappa shape index (κ2) is 15.6. The van der Waals surface area contributed by atoms with E-state index in [1.54, 1.807) is 57.2 Å². The van der Waals surface area contributed by atoms with Gasteiger partial charge < -0.3 is 39.6 Å². The number of carbonyl (C=O) groups is 2. The molecule has 0 heterocycles. The predicted molar refractivity (Wildman–Crippen MR) is 168 cm³/mol. The molecule has 3 rings (SSSR count). The largest absolute Gasteiger partial charge is 0.493 e. The van der Waals surface area contributed by atoms with Gasteiger partial charge >= 0.3 is 6.03 Å². The van der Waals surface area contributed by atoms with Crippen molar-refractivity contribution < 1.29 is 41.7 Å². The lowest BCUT2D eigenvalue weighted by Crippen LogP contribution is -2.28. The summed E-state index contributed by atoms with van der Waals surface area (Å²) < 4.78 is 53.6. The van der Waals surface area contributed by atoms with E-state index in [0.29, 0.717) is 59.8 Å². The standard InChI is InChI=1S/C30H38N4O9S/c1-7-41-24-12-10-20(15-22(24)29(35)32-21-11-13-25(39-4)28(16-21)40-5)33-30(36)31-18-19-14-27(43-9-3)23(34-44(6,37)38)17-26(19)42-8-2/h10-17,34H,7-9,18H2,1-6H3,(H,32,35)(H2,31,33,36). The molecule has 4 N–H and O–H groups in total.